The molecule has 0 unspecified atom stereocenters. The van der Waals surface area contributed by atoms with Crippen LogP contribution in [-0.4, -0.2) is 36.0 Å². The topological polar surface area (TPSA) is 42.4 Å². The molecule has 1 amide bonds. The van der Waals surface area contributed by atoms with Crippen molar-refractivity contribution in [2.75, 3.05) is 14.2 Å². The Kier molecular flexibility index (Phi) is 5.37. The summed E-state index contributed by atoms with van der Waals surface area (Å²) in [7, 11) is 3.50. The first kappa shape index (κ1) is 17.0. The standard InChI is InChI=1S/C19H24N2O2/c1-13-10-11-17(15(3)20-13)19(22)21(4)14(2)12-16-8-6-7-9-18(16)23-5/h6-11,14H,12H2,1-5H3/t14-/m1/s1. The molecule has 0 aliphatic heterocycles. The molecule has 0 radical (unpaired) electrons. The number of benzene rings is 1. The first-order chi connectivity index (χ1) is 10.9. The Bertz CT molecular complexity index is 698. The number of carbonyl (C=O) groups excluding carboxylic acids is 1. The summed E-state index contributed by atoms with van der Waals surface area (Å²) in [5.41, 5.74) is 3.45. The van der Waals surface area contributed by atoms with E-state index < -0.39 is 0 Å². The molecular formula is C19H24N2O2. The fourth-order valence-corrected chi connectivity index (χ4v) is 2.63. The molecule has 0 bridgehead atoms. The third-order valence-electron chi connectivity index (χ3n) is 4.14. The average Bonchev–Trinajstić information content (AvgIpc) is 2.54. The van der Waals surface area contributed by atoms with Crippen molar-refractivity contribution in [1.29, 1.82) is 0 Å². The summed E-state index contributed by atoms with van der Waals surface area (Å²) in [6.07, 6.45) is 0.741. The Hall–Kier alpha value is -2.36. The highest BCUT2D eigenvalue weighted by atomic mass is 16.5. The number of nitrogens with zero attached hydrogens (tertiary/aromatic N) is 2. The number of pyridine rings is 1. The molecule has 122 valence electrons. The van der Waals surface area contributed by atoms with Gasteiger partial charge in [-0.3, -0.25) is 9.78 Å². The summed E-state index contributed by atoms with van der Waals surface area (Å²) in [4.78, 5) is 18.9. The molecule has 1 heterocycles. The first-order valence-electron chi connectivity index (χ1n) is 7.77. The molecule has 1 aromatic heterocycles. The Morgan fingerprint density at radius 3 is 2.57 bits per heavy atom. The number of ether oxygens (including phenoxy) is 1. The highest BCUT2D eigenvalue weighted by molar-refractivity contribution is 5.95. The van der Waals surface area contributed by atoms with Gasteiger partial charge in [-0.25, -0.2) is 0 Å². The van der Waals surface area contributed by atoms with Crippen molar-refractivity contribution < 1.29 is 9.53 Å². The van der Waals surface area contributed by atoms with Gasteiger partial charge in [0.2, 0.25) is 0 Å². The summed E-state index contributed by atoms with van der Waals surface area (Å²) >= 11 is 0. The number of aromatic nitrogens is 1. The van der Waals surface area contributed by atoms with E-state index in [9.17, 15) is 4.79 Å². The number of rotatable bonds is 5. The van der Waals surface area contributed by atoms with E-state index in [0.29, 0.717) is 5.56 Å². The maximum atomic E-state index is 12.7. The molecule has 0 N–H and O–H groups in total. The van der Waals surface area contributed by atoms with Crippen LogP contribution in [-0.2, 0) is 6.42 Å². The Morgan fingerprint density at radius 1 is 1.22 bits per heavy atom. The van der Waals surface area contributed by atoms with Crippen LogP contribution in [0.15, 0.2) is 36.4 Å². The third kappa shape index (κ3) is 3.89. The molecule has 2 rings (SSSR count). The lowest BCUT2D eigenvalue weighted by molar-refractivity contribution is 0.0741. The Labute approximate surface area is 138 Å². The van der Waals surface area contributed by atoms with Crippen molar-refractivity contribution in [3.63, 3.8) is 0 Å². The summed E-state index contributed by atoms with van der Waals surface area (Å²) < 4.78 is 5.39. The van der Waals surface area contributed by atoms with Crippen LogP contribution < -0.4 is 4.74 Å². The second-order valence-corrected chi connectivity index (χ2v) is 5.87. The number of aryl methyl sites for hydroxylation is 2. The van der Waals surface area contributed by atoms with Crippen LogP contribution in [0.25, 0.3) is 0 Å². The van der Waals surface area contributed by atoms with Gasteiger partial charge < -0.3 is 9.64 Å². The minimum atomic E-state index is -0.00241. The second kappa shape index (κ2) is 7.27. The molecule has 1 aromatic carbocycles. The van der Waals surface area contributed by atoms with Gasteiger partial charge in [0.15, 0.2) is 0 Å². The Balaban J connectivity index is 2.15. The molecule has 0 saturated heterocycles. The smallest absolute Gasteiger partial charge is 0.255 e. The number of para-hydroxylation sites is 1. The van der Waals surface area contributed by atoms with Crippen LogP contribution in [0.5, 0.6) is 5.75 Å². The van der Waals surface area contributed by atoms with Crippen LogP contribution in [0.1, 0.15) is 34.2 Å². The molecular weight excluding hydrogens is 288 g/mol. The molecule has 1 atom stereocenters. The number of methoxy groups -OCH3 is 1. The second-order valence-electron chi connectivity index (χ2n) is 5.87. The van der Waals surface area contributed by atoms with Gasteiger partial charge in [0.05, 0.1) is 18.4 Å². The predicted octanol–water partition coefficient (Wildman–Crippen LogP) is 3.41. The largest absolute Gasteiger partial charge is 0.496 e. The number of hydrogen-bond acceptors (Lipinski definition) is 3. The van der Waals surface area contributed by atoms with E-state index in [0.717, 1.165) is 29.1 Å². The van der Waals surface area contributed by atoms with Crippen molar-refractivity contribution >= 4 is 5.91 Å². The predicted molar refractivity (Wildman–Crippen MR) is 92.0 cm³/mol. The van der Waals surface area contributed by atoms with Crippen LogP contribution in [0.4, 0.5) is 0 Å². The number of amides is 1. The third-order valence-corrected chi connectivity index (χ3v) is 4.14. The zero-order valence-corrected chi connectivity index (χ0v) is 14.5. The van der Waals surface area contributed by atoms with E-state index in [1.54, 1.807) is 12.0 Å². The van der Waals surface area contributed by atoms with Crippen LogP contribution in [0.2, 0.25) is 0 Å². The van der Waals surface area contributed by atoms with Gasteiger partial charge in [0, 0.05) is 18.8 Å². The summed E-state index contributed by atoms with van der Waals surface area (Å²) in [5, 5.41) is 0. The van der Waals surface area contributed by atoms with Gasteiger partial charge in [-0.2, -0.15) is 0 Å². The van der Waals surface area contributed by atoms with Crippen molar-refractivity contribution in [2.24, 2.45) is 0 Å². The molecule has 0 spiro atoms. The van der Waals surface area contributed by atoms with E-state index in [4.69, 9.17) is 4.74 Å². The van der Waals surface area contributed by atoms with Gasteiger partial charge in [0.1, 0.15) is 5.75 Å². The van der Waals surface area contributed by atoms with Crippen LogP contribution >= 0.6 is 0 Å². The maximum absolute atomic E-state index is 12.7. The van der Waals surface area contributed by atoms with Crippen molar-refractivity contribution in [3.8, 4) is 5.75 Å². The summed E-state index contributed by atoms with van der Waals surface area (Å²) in [6.45, 7) is 5.84. The monoisotopic (exact) mass is 312 g/mol. The zero-order chi connectivity index (χ0) is 17.0. The van der Waals surface area contributed by atoms with Crippen LogP contribution in [0, 0.1) is 13.8 Å². The minimum Gasteiger partial charge on any atom is -0.496 e. The molecule has 0 fully saturated rings. The summed E-state index contributed by atoms with van der Waals surface area (Å²) in [6, 6.07) is 11.7. The number of hydrogen-bond donors (Lipinski definition) is 0. The lowest BCUT2D eigenvalue weighted by Crippen LogP contribution is -2.37. The molecule has 2 aromatic rings. The fourth-order valence-electron chi connectivity index (χ4n) is 2.63. The zero-order valence-electron chi connectivity index (χ0n) is 14.5. The normalized spacial score (nSPS) is 11.9. The van der Waals surface area contributed by atoms with E-state index in [-0.39, 0.29) is 11.9 Å². The lowest BCUT2D eigenvalue weighted by Gasteiger charge is -2.26. The van der Waals surface area contributed by atoms with E-state index in [1.807, 2.05) is 64.2 Å². The van der Waals surface area contributed by atoms with Crippen molar-refractivity contribution in [3.05, 3.63) is 58.9 Å². The molecule has 4 heteroatoms. The first-order valence-corrected chi connectivity index (χ1v) is 7.77. The van der Waals surface area contributed by atoms with E-state index in [1.165, 1.54) is 0 Å². The number of likely N-dealkylation sites (N-methyl/N-ethyl adjacent to an activating group) is 1. The van der Waals surface area contributed by atoms with Gasteiger partial charge in [-0.05, 0) is 51.0 Å². The maximum Gasteiger partial charge on any atom is 0.255 e. The average molecular weight is 312 g/mol. The van der Waals surface area contributed by atoms with E-state index in [2.05, 4.69) is 4.98 Å². The highest BCUT2D eigenvalue weighted by Gasteiger charge is 2.20. The fraction of sp³-hybridized carbons (Fsp3) is 0.368. The van der Waals surface area contributed by atoms with E-state index >= 15 is 0 Å². The Morgan fingerprint density at radius 2 is 1.91 bits per heavy atom. The molecule has 4 nitrogen and oxygen atoms in total. The minimum absolute atomic E-state index is 0.00241. The van der Waals surface area contributed by atoms with Crippen LogP contribution in [0.3, 0.4) is 0 Å². The SMILES string of the molecule is COc1ccccc1C[C@@H](C)N(C)C(=O)c1ccc(C)nc1C. The van der Waals surface area contributed by atoms with Gasteiger partial charge in [0.25, 0.3) is 5.91 Å². The van der Waals surface area contributed by atoms with Gasteiger partial charge >= 0.3 is 0 Å². The summed E-state index contributed by atoms with van der Waals surface area (Å²) in [5.74, 6) is 0.853. The molecule has 0 aliphatic rings. The van der Waals surface area contributed by atoms with Crippen molar-refractivity contribution in [1.82, 2.24) is 9.88 Å². The molecule has 23 heavy (non-hydrogen) atoms. The van der Waals surface area contributed by atoms with Gasteiger partial charge in [-0.1, -0.05) is 18.2 Å². The van der Waals surface area contributed by atoms with Gasteiger partial charge in [-0.15, -0.1) is 0 Å². The molecule has 0 saturated carbocycles. The molecule has 0 aliphatic carbocycles. The van der Waals surface area contributed by atoms with Crippen molar-refractivity contribution in [2.45, 2.75) is 33.2 Å². The quantitative estimate of drug-likeness (QED) is 0.849. The number of carbonyl (C=O) groups is 1. The lowest BCUT2D eigenvalue weighted by atomic mass is 10.0. The highest BCUT2D eigenvalue weighted by Crippen LogP contribution is 2.21.